The number of hydrogen-bond donors (Lipinski definition) is 4. The number of nitrogens with zero attached hydrogens (tertiary/aromatic N) is 3. The van der Waals surface area contributed by atoms with E-state index in [1.54, 1.807) is 31.8 Å². The van der Waals surface area contributed by atoms with Gasteiger partial charge in [-0.2, -0.15) is 26.3 Å². The van der Waals surface area contributed by atoms with Crippen LogP contribution in [0.25, 0.3) is 33.9 Å². The zero-order valence-corrected chi connectivity index (χ0v) is 21.1. The topological polar surface area (TPSA) is 150 Å². The van der Waals surface area contributed by atoms with E-state index in [1.807, 2.05) is 30.3 Å². The lowest BCUT2D eigenvalue weighted by molar-refractivity contribution is -0.193. The minimum atomic E-state index is -5.08. The summed E-state index contributed by atoms with van der Waals surface area (Å²) >= 11 is 6.21. The fraction of sp³-hybridized carbons (Fsp3) is 0.125. The van der Waals surface area contributed by atoms with E-state index in [2.05, 4.69) is 20.3 Å². The molecule has 5 rings (SSSR count). The summed E-state index contributed by atoms with van der Waals surface area (Å²) in [5.74, 6) is -3.40. The number of nitrogens with one attached hydrogen (secondary N) is 2. The number of H-pyrrole nitrogens is 1. The highest BCUT2D eigenvalue weighted by Crippen LogP contribution is 2.43. The molecular formula is C24H16ClF6N5O5. The standard InChI is InChI=1S/C20H14ClN5O.2C2HF3O2/c1-27-16-5-4-11(21)9-14(16)20-25-17-12-6-8-22-10-15(12)24-19-13(18(17)26-20)3-2-7-23-19;2*3-2(4,5)1(6)7/h2-10H,1H3,(H,23,24)(H,25,26);2*(H,6,7). The molecule has 0 saturated carbocycles. The Bertz CT molecular complexity index is 1490. The molecule has 10 nitrogen and oxygen atoms in total. The van der Waals surface area contributed by atoms with Crippen LogP contribution in [0.5, 0.6) is 5.75 Å². The first-order chi connectivity index (χ1) is 19.1. The average Bonchev–Trinajstić information content (AvgIpc) is 3.29. The monoisotopic (exact) mass is 603 g/mol. The first kappa shape index (κ1) is 30.7. The molecule has 1 aliphatic rings. The largest absolute Gasteiger partial charge is 0.496 e. The molecule has 4 aromatic rings. The van der Waals surface area contributed by atoms with Crippen molar-refractivity contribution in [1.82, 2.24) is 19.9 Å². The molecule has 4 N–H and O–H groups in total. The molecule has 17 heteroatoms. The van der Waals surface area contributed by atoms with Crippen molar-refractivity contribution in [2.45, 2.75) is 12.4 Å². The third-order valence-electron chi connectivity index (χ3n) is 5.01. The predicted octanol–water partition coefficient (Wildman–Crippen LogP) is 6.19. The lowest BCUT2D eigenvalue weighted by Gasteiger charge is -2.09. The summed E-state index contributed by atoms with van der Waals surface area (Å²) in [6.07, 6.45) is -4.88. The number of rotatable bonds is 2. The van der Waals surface area contributed by atoms with E-state index in [1.165, 1.54) is 0 Å². The molecule has 1 aromatic carbocycles. The molecule has 41 heavy (non-hydrogen) atoms. The second-order valence-corrected chi connectivity index (χ2v) is 8.14. The Kier molecular flexibility index (Phi) is 9.07. The number of fused-ring (bicyclic) bond motifs is 5. The van der Waals surface area contributed by atoms with Gasteiger partial charge in [-0.1, -0.05) is 11.6 Å². The van der Waals surface area contributed by atoms with Gasteiger partial charge in [0.1, 0.15) is 23.1 Å². The van der Waals surface area contributed by atoms with Gasteiger partial charge in [0.25, 0.3) is 0 Å². The number of aromatic amines is 1. The van der Waals surface area contributed by atoms with Gasteiger partial charge in [-0.25, -0.2) is 19.6 Å². The molecule has 0 radical (unpaired) electrons. The highest BCUT2D eigenvalue weighted by molar-refractivity contribution is 6.31. The van der Waals surface area contributed by atoms with Crippen LogP contribution in [0.15, 0.2) is 55.0 Å². The van der Waals surface area contributed by atoms with Gasteiger partial charge in [0.05, 0.1) is 30.3 Å². The zero-order chi connectivity index (χ0) is 30.5. The number of benzene rings is 1. The van der Waals surface area contributed by atoms with Gasteiger partial charge in [-0.15, -0.1) is 0 Å². The van der Waals surface area contributed by atoms with Crippen molar-refractivity contribution < 1.29 is 50.9 Å². The minimum absolute atomic E-state index is 0.616. The molecule has 3 aromatic heterocycles. The summed E-state index contributed by atoms with van der Waals surface area (Å²) in [7, 11) is 1.63. The van der Waals surface area contributed by atoms with Gasteiger partial charge in [0, 0.05) is 28.5 Å². The second kappa shape index (κ2) is 12.1. The fourth-order valence-electron chi connectivity index (χ4n) is 3.29. The van der Waals surface area contributed by atoms with Crippen molar-refractivity contribution in [2.24, 2.45) is 0 Å². The van der Waals surface area contributed by atoms with E-state index < -0.39 is 24.3 Å². The average molecular weight is 604 g/mol. The van der Waals surface area contributed by atoms with Crippen molar-refractivity contribution in [1.29, 1.82) is 0 Å². The predicted molar refractivity (Wildman–Crippen MR) is 133 cm³/mol. The van der Waals surface area contributed by atoms with Gasteiger partial charge in [0.2, 0.25) is 0 Å². The molecule has 0 unspecified atom stereocenters. The highest BCUT2D eigenvalue weighted by Gasteiger charge is 2.38. The van der Waals surface area contributed by atoms with Crippen LogP contribution < -0.4 is 10.1 Å². The zero-order valence-electron chi connectivity index (χ0n) is 20.3. The number of anilines is 2. The maximum Gasteiger partial charge on any atom is 0.490 e. The summed E-state index contributed by atoms with van der Waals surface area (Å²) < 4.78 is 69.0. The van der Waals surface area contributed by atoms with Crippen LogP contribution in [0.3, 0.4) is 0 Å². The molecule has 4 heterocycles. The molecule has 0 spiro atoms. The molecule has 216 valence electrons. The number of aliphatic carboxylic acids is 2. The number of carboxylic acid groups (broad SMARTS) is 2. The fourth-order valence-corrected chi connectivity index (χ4v) is 3.46. The molecule has 0 aliphatic carbocycles. The Morgan fingerprint density at radius 1 is 0.927 bits per heavy atom. The highest BCUT2D eigenvalue weighted by atomic mass is 35.5. The summed E-state index contributed by atoms with van der Waals surface area (Å²) in [5, 5.41) is 18.2. The third-order valence-corrected chi connectivity index (χ3v) is 5.25. The number of methoxy groups -OCH3 is 1. The Hall–Kier alpha value is -4.86. The number of alkyl halides is 6. The SMILES string of the molecule is COc1ccc(Cl)cc1-c1nc2c([nH]1)-c1ccncc1Nc1ncccc1-2.O=C(O)C(F)(F)F.O=C(O)C(F)(F)F. The van der Waals surface area contributed by atoms with Crippen LogP contribution in [-0.2, 0) is 9.59 Å². The van der Waals surface area contributed by atoms with Crippen LogP contribution in [0.2, 0.25) is 5.02 Å². The van der Waals surface area contributed by atoms with Gasteiger partial charge in [0.15, 0.2) is 0 Å². The molecule has 0 amide bonds. The number of halogens is 7. The molecule has 0 atom stereocenters. The van der Waals surface area contributed by atoms with Crippen LogP contribution in [0.4, 0.5) is 37.8 Å². The minimum Gasteiger partial charge on any atom is -0.496 e. The van der Waals surface area contributed by atoms with Gasteiger partial charge >= 0.3 is 24.3 Å². The van der Waals surface area contributed by atoms with Crippen LogP contribution in [-0.4, -0.2) is 61.5 Å². The Morgan fingerprint density at radius 2 is 1.56 bits per heavy atom. The lowest BCUT2D eigenvalue weighted by atomic mass is 10.1. The Labute approximate surface area is 230 Å². The van der Waals surface area contributed by atoms with Gasteiger partial charge < -0.3 is 25.3 Å². The van der Waals surface area contributed by atoms with Crippen molar-refractivity contribution in [3.05, 3.63) is 60.0 Å². The van der Waals surface area contributed by atoms with Crippen LogP contribution in [0, 0.1) is 0 Å². The van der Waals surface area contributed by atoms with Gasteiger partial charge in [-0.05, 0) is 36.4 Å². The van der Waals surface area contributed by atoms with Crippen LogP contribution in [0.1, 0.15) is 0 Å². The molecule has 0 fully saturated rings. The Morgan fingerprint density at radius 3 is 2.15 bits per heavy atom. The number of carbonyl (C=O) groups is 2. The lowest BCUT2D eigenvalue weighted by Crippen LogP contribution is -2.21. The maximum atomic E-state index is 10.6. The quantitative estimate of drug-likeness (QED) is 0.173. The molecule has 0 bridgehead atoms. The van der Waals surface area contributed by atoms with Crippen LogP contribution >= 0.6 is 11.6 Å². The molecular weight excluding hydrogens is 588 g/mol. The number of aromatic nitrogens is 4. The third kappa shape index (κ3) is 7.42. The summed E-state index contributed by atoms with van der Waals surface area (Å²) in [4.78, 5) is 34.8. The van der Waals surface area contributed by atoms with Gasteiger partial charge in [-0.3, -0.25) is 4.98 Å². The smallest absolute Gasteiger partial charge is 0.490 e. The van der Waals surface area contributed by atoms with E-state index >= 15 is 0 Å². The molecule has 0 saturated heterocycles. The number of pyridine rings is 2. The van der Waals surface area contributed by atoms with Crippen molar-refractivity contribution in [2.75, 3.05) is 12.4 Å². The number of ether oxygens (including phenoxy) is 1. The van der Waals surface area contributed by atoms with E-state index in [0.29, 0.717) is 16.6 Å². The summed E-state index contributed by atoms with van der Waals surface area (Å²) in [5.41, 5.74) is 5.25. The summed E-state index contributed by atoms with van der Waals surface area (Å²) in [6.45, 7) is 0. The van der Waals surface area contributed by atoms with E-state index in [9.17, 15) is 26.3 Å². The second-order valence-electron chi connectivity index (χ2n) is 7.71. The number of hydrogen-bond acceptors (Lipinski definition) is 7. The van der Waals surface area contributed by atoms with E-state index in [-0.39, 0.29) is 0 Å². The molecule has 1 aliphatic heterocycles. The maximum absolute atomic E-state index is 10.6. The van der Waals surface area contributed by atoms with Crippen molar-refractivity contribution >= 4 is 35.0 Å². The summed E-state index contributed by atoms with van der Waals surface area (Å²) in [6, 6.07) is 11.3. The van der Waals surface area contributed by atoms with Crippen molar-refractivity contribution in [3.8, 4) is 39.7 Å². The van der Waals surface area contributed by atoms with E-state index in [0.717, 1.165) is 39.6 Å². The number of carboxylic acids is 2. The Balaban J connectivity index is 0.000000276. The van der Waals surface area contributed by atoms with E-state index in [4.69, 9.17) is 41.1 Å². The first-order valence-electron chi connectivity index (χ1n) is 10.8. The normalized spacial score (nSPS) is 11.5. The number of imidazole rings is 1. The first-order valence-corrected chi connectivity index (χ1v) is 11.2. The van der Waals surface area contributed by atoms with Crippen molar-refractivity contribution in [3.63, 3.8) is 0 Å².